The van der Waals surface area contributed by atoms with E-state index in [1.807, 2.05) is 0 Å². The van der Waals surface area contributed by atoms with Gasteiger partial charge in [0.15, 0.2) is 0 Å². The summed E-state index contributed by atoms with van der Waals surface area (Å²) in [5, 5.41) is 3.60. The summed E-state index contributed by atoms with van der Waals surface area (Å²) in [6.07, 6.45) is 5.77. The van der Waals surface area contributed by atoms with Crippen molar-refractivity contribution in [3.05, 3.63) is 0 Å². The first-order chi connectivity index (χ1) is 8.16. The zero-order valence-electron chi connectivity index (χ0n) is 11.2. The van der Waals surface area contributed by atoms with Crippen molar-refractivity contribution < 1.29 is 4.79 Å². The number of piperidine rings is 1. The molecule has 17 heavy (non-hydrogen) atoms. The lowest BCUT2D eigenvalue weighted by molar-refractivity contribution is -0.133. The van der Waals surface area contributed by atoms with E-state index in [9.17, 15) is 4.79 Å². The Balaban J connectivity index is 1.75. The van der Waals surface area contributed by atoms with Crippen molar-refractivity contribution in [1.82, 2.24) is 10.2 Å². The highest BCUT2D eigenvalue weighted by Gasteiger charge is 2.29. The molecule has 1 atom stereocenters. The highest BCUT2D eigenvalue weighted by atomic mass is 16.2. The minimum Gasteiger partial charge on any atom is -0.343 e. The number of carbonyl (C=O) groups is 1. The van der Waals surface area contributed by atoms with Gasteiger partial charge in [0, 0.05) is 25.6 Å². The number of rotatable bonds is 3. The summed E-state index contributed by atoms with van der Waals surface area (Å²) in [4.78, 5) is 14.0. The van der Waals surface area contributed by atoms with Gasteiger partial charge in [0.2, 0.25) is 5.91 Å². The highest BCUT2D eigenvalue weighted by Crippen LogP contribution is 2.26. The predicted octanol–water partition coefficient (Wildman–Crippen LogP) is 2.02. The van der Waals surface area contributed by atoms with E-state index in [1.165, 1.54) is 32.2 Å². The van der Waals surface area contributed by atoms with Gasteiger partial charge in [-0.3, -0.25) is 4.79 Å². The molecule has 2 heterocycles. The molecule has 2 fully saturated rings. The van der Waals surface area contributed by atoms with E-state index in [0.717, 1.165) is 25.0 Å². The second kappa shape index (κ2) is 5.85. The van der Waals surface area contributed by atoms with Crippen LogP contribution in [0.25, 0.3) is 0 Å². The Morgan fingerprint density at radius 3 is 2.53 bits per heavy atom. The first kappa shape index (κ1) is 12.9. The molecular formula is C14H26N2O. The van der Waals surface area contributed by atoms with Crippen LogP contribution >= 0.6 is 0 Å². The number of amides is 1. The van der Waals surface area contributed by atoms with E-state index in [-0.39, 0.29) is 0 Å². The Morgan fingerprint density at radius 1 is 1.29 bits per heavy atom. The second-order valence-corrected chi connectivity index (χ2v) is 6.02. The summed E-state index contributed by atoms with van der Waals surface area (Å²) >= 11 is 0. The van der Waals surface area contributed by atoms with E-state index in [4.69, 9.17) is 0 Å². The van der Waals surface area contributed by atoms with Crippen LogP contribution in [-0.4, -0.2) is 36.5 Å². The molecule has 0 aromatic rings. The highest BCUT2D eigenvalue weighted by molar-refractivity contribution is 5.76. The van der Waals surface area contributed by atoms with Gasteiger partial charge < -0.3 is 10.2 Å². The molecule has 3 heteroatoms. The fourth-order valence-corrected chi connectivity index (χ4v) is 3.14. The van der Waals surface area contributed by atoms with Crippen molar-refractivity contribution in [2.45, 2.75) is 52.0 Å². The third-order valence-corrected chi connectivity index (χ3v) is 4.14. The van der Waals surface area contributed by atoms with Crippen molar-refractivity contribution in [2.24, 2.45) is 11.8 Å². The molecule has 2 rings (SSSR count). The van der Waals surface area contributed by atoms with Gasteiger partial charge in [-0.15, -0.1) is 0 Å². The van der Waals surface area contributed by atoms with Crippen LogP contribution in [-0.2, 0) is 4.79 Å². The summed E-state index contributed by atoms with van der Waals surface area (Å²) in [6.45, 7) is 7.39. The first-order valence-electron chi connectivity index (χ1n) is 7.18. The summed E-state index contributed by atoms with van der Waals surface area (Å²) in [6, 6.07) is 0.734. The molecule has 0 aromatic heterocycles. The van der Waals surface area contributed by atoms with Gasteiger partial charge in [-0.05, 0) is 44.1 Å². The minimum atomic E-state index is 0.359. The molecular weight excluding hydrogens is 212 g/mol. The Bertz CT molecular complexity index is 251. The summed E-state index contributed by atoms with van der Waals surface area (Å²) in [7, 11) is 0. The van der Waals surface area contributed by atoms with E-state index in [0.29, 0.717) is 18.2 Å². The lowest BCUT2D eigenvalue weighted by Gasteiger charge is -2.35. The maximum absolute atomic E-state index is 11.9. The Morgan fingerprint density at radius 2 is 2.00 bits per heavy atom. The van der Waals surface area contributed by atoms with Crippen molar-refractivity contribution in [3.8, 4) is 0 Å². The minimum absolute atomic E-state index is 0.359. The van der Waals surface area contributed by atoms with Gasteiger partial charge in [0.1, 0.15) is 0 Å². The van der Waals surface area contributed by atoms with Gasteiger partial charge in [0.25, 0.3) is 0 Å². The molecule has 2 saturated heterocycles. The quantitative estimate of drug-likeness (QED) is 0.816. The predicted molar refractivity (Wildman–Crippen MR) is 69.8 cm³/mol. The number of nitrogens with zero attached hydrogens (tertiary/aromatic N) is 1. The van der Waals surface area contributed by atoms with Crippen LogP contribution in [0.1, 0.15) is 46.0 Å². The van der Waals surface area contributed by atoms with Crippen molar-refractivity contribution >= 4 is 5.91 Å². The van der Waals surface area contributed by atoms with Gasteiger partial charge in [-0.25, -0.2) is 0 Å². The monoisotopic (exact) mass is 238 g/mol. The van der Waals surface area contributed by atoms with Crippen LogP contribution in [0, 0.1) is 11.8 Å². The molecule has 0 saturated carbocycles. The van der Waals surface area contributed by atoms with Crippen LogP contribution < -0.4 is 5.32 Å². The normalized spacial score (nSPS) is 26.8. The summed E-state index contributed by atoms with van der Waals surface area (Å²) in [5.41, 5.74) is 0. The zero-order chi connectivity index (χ0) is 12.3. The zero-order valence-corrected chi connectivity index (χ0v) is 11.2. The molecule has 0 spiro atoms. The maximum atomic E-state index is 11.9. The molecule has 0 bridgehead atoms. The summed E-state index contributed by atoms with van der Waals surface area (Å²) in [5.74, 6) is 1.65. The number of hydrogen-bond acceptors (Lipinski definition) is 2. The molecule has 1 N–H and O–H groups in total. The van der Waals surface area contributed by atoms with Gasteiger partial charge >= 0.3 is 0 Å². The SMILES string of the molecule is CC(C)CC(=O)N1CCC(C2CCCN2)CC1. The molecule has 0 radical (unpaired) electrons. The Labute approximate surface area is 105 Å². The topological polar surface area (TPSA) is 32.3 Å². The fraction of sp³-hybridized carbons (Fsp3) is 0.929. The number of nitrogens with one attached hydrogen (secondary N) is 1. The lowest BCUT2D eigenvalue weighted by Crippen LogP contribution is -2.43. The molecule has 0 aliphatic carbocycles. The molecule has 1 unspecified atom stereocenters. The summed E-state index contributed by atoms with van der Waals surface area (Å²) < 4.78 is 0. The maximum Gasteiger partial charge on any atom is 0.222 e. The molecule has 1 amide bonds. The van der Waals surface area contributed by atoms with Crippen molar-refractivity contribution in [2.75, 3.05) is 19.6 Å². The van der Waals surface area contributed by atoms with E-state index >= 15 is 0 Å². The van der Waals surface area contributed by atoms with Gasteiger partial charge in [-0.1, -0.05) is 13.8 Å². The lowest BCUT2D eigenvalue weighted by atomic mass is 9.88. The van der Waals surface area contributed by atoms with E-state index in [2.05, 4.69) is 24.1 Å². The molecule has 0 aromatic carbocycles. The molecule has 98 valence electrons. The second-order valence-electron chi connectivity index (χ2n) is 6.02. The third kappa shape index (κ3) is 3.44. The number of carbonyl (C=O) groups excluding carboxylic acids is 1. The average molecular weight is 238 g/mol. The van der Waals surface area contributed by atoms with Gasteiger partial charge in [-0.2, -0.15) is 0 Å². The molecule has 2 aliphatic heterocycles. The fourth-order valence-electron chi connectivity index (χ4n) is 3.14. The van der Waals surface area contributed by atoms with Crippen LogP contribution in [0.2, 0.25) is 0 Å². The van der Waals surface area contributed by atoms with Crippen LogP contribution in [0.5, 0.6) is 0 Å². The van der Waals surface area contributed by atoms with Crippen molar-refractivity contribution in [3.63, 3.8) is 0 Å². The van der Waals surface area contributed by atoms with E-state index < -0.39 is 0 Å². The van der Waals surface area contributed by atoms with Crippen LogP contribution in [0.4, 0.5) is 0 Å². The molecule has 2 aliphatic rings. The first-order valence-corrected chi connectivity index (χ1v) is 7.18. The van der Waals surface area contributed by atoms with Crippen LogP contribution in [0.15, 0.2) is 0 Å². The van der Waals surface area contributed by atoms with E-state index in [1.54, 1.807) is 0 Å². The Kier molecular flexibility index (Phi) is 4.43. The van der Waals surface area contributed by atoms with Gasteiger partial charge in [0.05, 0.1) is 0 Å². The number of hydrogen-bond donors (Lipinski definition) is 1. The van der Waals surface area contributed by atoms with Crippen LogP contribution in [0.3, 0.4) is 0 Å². The average Bonchev–Trinajstić information content (AvgIpc) is 2.82. The molecule has 3 nitrogen and oxygen atoms in total. The third-order valence-electron chi connectivity index (χ3n) is 4.14. The standard InChI is InChI=1S/C14H26N2O/c1-11(2)10-14(17)16-8-5-12(6-9-16)13-4-3-7-15-13/h11-13,15H,3-10H2,1-2H3. The Hall–Kier alpha value is -0.570. The van der Waals surface area contributed by atoms with Crippen molar-refractivity contribution in [1.29, 1.82) is 0 Å². The number of likely N-dealkylation sites (tertiary alicyclic amines) is 1. The largest absolute Gasteiger partial charge is 0.343 e. The smallest absolute Gasteiger partial charge is 0.222 e.